The Labute approximate surface area is 349 Å². The van der Waals surface area contributed by atoms with Crippen molar-refractivity contribution in [3.8, 4) is 23.0 Å². The number of carbonyl (C=O) groups excluding carboxylic acids is 2. The molecule has 0 aliphatic carbocycles. The molecule has 332 valence electrons. The topological polar surface area (TPSA) is 122 Å². The molecule has 0 radical (unpaired) electrons. The van der Waals surface area contributed by atoms with Gasteiger partial charge in [-0.15, -0.1) is 0 Å². The lowest BCUT2D eigenvalue weighted by Crippen LogP contribution is -2.60. The summed E-state index contributed by atoms with van der Waals surface area (Å²) in [5.41, 5.74) is -6.29. The van der Waals surface area contributed by atoms with Crippen molar-refractivity contribution in [1.29, 1.82) is 0 Å². The quantitative estimate of drug-likeness (QED) is 0.203. The van der Waals surface area contributed by atoms with Gasteiger partial charge >= 0.3 is 24.4 Å². The Balaban J connectivity index is 1.19. The molecule has 4 saturated heterocycles. The molecule has 2 aromatic heterocycles. The Hall–Kier alpha value is -5.27. The highest BCUT2D eigenvalue weighted by molar-refractivity contribution is 6.02. The van der Waals surface area contributed by atoms with E-state index in [-0.39, 0.29) is 122 Å². The number of aromatic nitrogens is 3. The molecule has 6 aliphatic rings. The molecular weight excluding hydrogens is 834 g/mol. The van der Waals surface area contributed by atoms with Gasteiger partial charge in [-0.2, -0.15) is 23.1 Å². The Morgan fingerprint density at radius 3 is 2.61 bits per heavy atom. The first-order valence-corrected chi connectivity index (χ1v) is 20.6. The number of halogens is 8. The normalized spacial score (nSPS) is 28.2. The zero-order valence-electron chi connectivity index (χ0n) is 33.6. The Morgan fingerprint density at radius 2 is 1.81 bits per heavy atom. The van der Waals surface area contributed by atoms with Crippen molar-refractivity contribution >= 4 is 39.7 Å². The number of alkyl halides is 6. The SMILES string of the molecule is C[C@@]12C[C@@H](F)CN(C1)c1nc(OC[C@@]34CCCN3C[C@H](F)C4)nc3c(F)c(ncc13)-c1cc(OC(=O)N3CCCC(F)(C(F)(F)F)C3)cc3ccc(F)c(c13)CCCOC(=O)N2. The number of rotatable bonds is 4. The second-order valence-corrected chi connectivity index (χ2v) is 17.4. The van der Waals surface area contributed by atoms with Gasteiger partial charge in [0.25, 0.3) is 0 Å². The fraction of sp³-hybridized carbons (Fsp3) is 0.548. The number of pyridine rings is 1. The van der Waals surface area contributed by atoms with Gasteiger partial charge in [-0.1, -0.05) is 6.07 Å². The van der Waals surface area contributed by atoms with E-state index in [1.54, 1.807) is 6.92 Å². The van der Waals surface area contributed by atoms with Crippen LogP contribution in [0.15, 0.2) is 30.5 Å². The van der Waals surface area contributed by atoms with Gasteiger partial charge in [0.15, 0.2) is 5.82 Å². The summed E-state index contributed by atoms with van der Waals surface area (Å²) in [6.45, 7) is 0.574. The molecule has 1 N–H and O–H groups in total. The number of likely N-dealkylation sites (tertiary alicyclic amines) is 1. The molecular formula is C42H43F8N7O5. The van der Waals surface area contributed by atoms with E-state index in [0.717, 1.165) is 12.5 Å². The number of hydrogen-bond acceptors (Lipinski definition) is 10. The average molecular weight is 878 g/mol. The smallest absolute Gasteiger partial charge is 0.424 e. The molecule has 0 spiro atoms. The summed E-state index contributed by atoms with van der Waals surface area (Å²) < 4.78 is 137. The third-order valence-electron chi connectivity index (χ3n) is 12.8. The van der Waals surface area contributed by atoms with Crippen LogP contribution in [0.25, 0.3) is 32.9 Å². The molecule has 5 atom stereocenters. The number of ether oxygens (including phenoxy) is 3. The molecule has 0 saturated carbocycles. The standard InChI is InChI=1S/C42H43F8N7O5/c1-39-15-24(43)18-56(20-39)35-29-17-51-33(32(46)34(29)52-36(53-35)61-22-40-8-3-11-57(40)19-25(44)16-40)28-14-26(62-38(59)55-10-4-9-41(47,21-55)42(48,49)50)13-23-6-7-30(45)27(31(23)28)5-2-12-60-37(58)54-39/h6-7,13-14,17,24-25H,2-5,8-12,15-16,18-22H2,1H3,(H,54,58)/t24-,25-,39-,40+,41?/m1/s1. The Morgan fingerprint density at radius 1 is 1.02 bits per heavy atom. The highest BCUT2D eigenvalue weighted by Gasteiger charge is 2.58. The first-order chi connectivity index (χ1) is 29.4. The number of anilines is 1. The summed E-state index contributed by atoms with van der Waals surface area (Å²) in [5, 5.41) is 3.12. The molecule has 10 rings (SSSR count). The molecule has 8 heterocycles. The average Bonchev–Trinajstić information content (AvgIpc) is 3.73. The van der Waals surface area contributed by atoms with Crippen LogP contribution in [0.4, 0.5) is 50.5 Å². The monoisotopic (exact) mass is 877 g/mol. The van der Waals surface area contributed by atoms with Crippen LogP contribution in [-0.2, 0) is 11.2 Å². The lowest BCUT2D eigenvalue weighted by Gasteiger charge is -2.42. The minimum Gasteiger partial charge on any atom is -0.461 e. The number of fused-ring (bicyclic) bond motifs is 7. The van der Waals surface area contributed by atoms with Crippen molar-refractivity contribution in [2.24, 2.45) is 0 Å². The number of alkyl carbamates (subject to hydrolysis) is 1. The van der Waals surface area contributed by atoms with Crippen molar-refractivity contribution in [3.05, 3.63) is 47.7 Å². The zero-order valence-corrected chi connectivity index (χ0v) is 33.6. The van der Waals surface area contributed by atoms with E-state index in [4.69, 9.17) is 14.2 Å². The minimum atomic E-state index is -5.24. The molecule has 4 fully saturated rings. The number of amides is 2. The van der Waals surface area contributed by atoms with Gasteiger partial charge in [0.05, 0.1) is 36.2 Å². The summed E-state index contributed by atoms with van der Waals surface area (Å²) in [6.07, 6.45) is -8.20. The predicted molar refractivity (Wildman–Crippen MR) is 208 cm³/mol. The maximum atomic E-state index is 17.5. The number of carbonyl (C=O) groups is 2. The predicted octanol–water partition coefficient (Wildman–Crippen LogP) is 7.92. The van der Waals surface area contributed by atoms with Crippen molar-refractivity contribution in [1.82, 2.24) is 30.1 Å². The molecule has 20 heteroatoms. The summed E-state index contributed by atoms with van der Waals surface area (Å²) >= 11 is 0. The summed E-state index contributed by atoms with van der Waals surface area (Å²) in [4.78, 5) is 44.2. The maximum absolute atomic E-state index is 17.5. The van der Waals surface area contributed by atoms with E-state index < -0.39 is 77.7 Å². The molecule has 2 aromatic carbocycles. The molecule has 62 heavy (non-hydrogen) atoms. The zero-order chi connectivity index (χ0) is 43.8. The Kier molecular flexibility index (Phi) is 10.5. The van der Waals surface area contributed by atoms with E-state index in [1.165, 1.54) is 29.3 Å². The van der Waals surface area contributed by atoms with Crippen LogP contribution in [0, 0.1) is 11.6 Å². The van der Waals surface area contributed by atoms with Crippen LogP contribution in [-0.4, -0.2) is 125 Å². The van der Waals surface area contributed by atoms with Crippen LogP contribution in [0.3, 0.4) is 0 Å². The first-order valence-electron chi connectivity index (χ1n) is 20.6. The van der Waals surface area contributed by atoms with Crippen molar-refractivity contribution in [3.63, 3.8) is 0 Å². The van der Waals surface area contributed by atoms with Crippen molar-refractivity contribution in [2.75, 3.05) is 57.4 Å². The van der Waals surface area contributed by atoms with Gasteiger partial charge in [0.2, 0.25) is 5.67 Å². The third kappa shape index (κ3) is 7.65. The number of piperidine rings is 2. The highest BCUT2D eigenvalue weighted by Crippen LogP contribution is 2.44. The van der Waals surface area contributed by atoms with Gasteiger partial charge in [0.1, 0.15) is 47.5 Å². The Bertz CT molecular complexity index is 2450. The molecule has 4 aromatic rings. The lowest BCUT2D eigenvalue weighted by molar-refractivity contribution is -0.241. The number of benzene rings is 2. The van der Waals surface area contributed by atoms with E-state index in [1.807, 2.05) is 4.90 Å². The van der Waals surface area contributed by atoms with Crippen LogP contribution in [0.1, 0.15) is 57.4 Å². The lowest BCUT2D eigenvalue weighted by atomic mass is 9.90. The van der Waals surface area contributed by atoms with Gasteiger partial charge in [-0.05, 0) is 86.5 Å². The van der Waals surface area contributed by atoms with Gasteiger partial charge in [-0.3, -0.25) is 9.88 Å². The molecule has 6 bridgehead atoms. The van der Waals surface area contributed by atoms with Crippen molar-refractivity contribution < 1.29 is 58.9 Å². The van der Waals surface area contributed by atoms with E-state index >= 15 is 17.6 Å². The number of hydrogen-bond donors (Lipinski definition) is 1. The summed E-state index contributed by atoms with van der Waals surface area (Å²) in [7, 11) is 0. The molecule has 2 amide bonds. The minimum absolute atomic E-state index is 0.00705. The third-order valence-corrected chi connectivity index (χ3v) is 12.8. The molecule has 1 unspecified atom stereocenters. The van der Waals surface area contributed by atoms with Crippen LogP contribution in [0.2, 0.25) is 0 Å². The van der Waals surface area contributed by atoms with Gasteiger partial charge in [0, 0.05) is 44.2 Å². The molecule has 12 nitrogen and oxygen atoms in total. The number of nitrogens with one attached hydrogen (secondary N) is 1. The maximum Gasteiger partial charge on any atom is 0.424 e. The molecule has 6 aliphatic heterocycles. The van der Waals surface area contributed by atoms with Gasteiger partial charge in [-0.25, -0.2) is 31.5 Å². The largest absolute Gasteiger partial charge is 0.461 e. The summed E-state index contributed by atoms with van der Waals surface area (Å²) in [5.74, 6) is -2.03. The fourth-order valence-corrected chi connectivity index (χ4v) is 10.00. The van der Waals surface area contributed by atoms with Gasteiger partial charge < -0.3 is 29.3 Å². The second kappa shape index (κ2) is 15.5. The second-order valence-electron chi connectivity index (χ2n) is 17.4. The van der Waals surface area contributed by atoms with Crippen LogP contribution in [0.5, 0.6) is 11.8 Å². The van der Waals surface area contributed by atoms with Crippen molar-refractivity contribution in [2.45, 2.75) is 93.6 Å². The fourth-order valence-electron chi connectivity index (χ4n) is 10.00. The van der Waals surface area contributed by atoms with Crippen LogP contribution < -0.4 is 19.7 Å². The van der Waals surface area contributed by atoms with E-state index in [9.17, 15) is 27.2 Å². The summed E-state index contributed by atoms with van der Waals surface area (Å²) in [6, 6.07) is 4.65. The number of aryl methyl sites for hydroxylation is 1. The van der Waals surface area contributed by atoms with E-state index in [2.05, 4.69) is 20.3 Å². The number of nitrogens with zero attached hydrogens (tertiary/aromatic N) is 6. The van der Waals surface area contributed by atoms with Crippen LogP contribution >= 0.6 is 0 Å². The first kappa shape index (κ1) is 42.1. The van der Waals surface area contributed by atoms with E-state index in [0.29, 0.717) is 17.9 Å². The highest BCUT2D eigenvalue weighted by atomic mass is 19.4.